The molecule has 0 atom stereocenters. The second-order valence-corrected chi connectivity index (χ2v) is 6.10. The zero-order chi connectivity index (χ0) is 13.0. The van der Waals surface area contributed by atoms with E-state index in [1.54, 1.807) is 18.4 Å². The van der Waals surface area contributed by atoms with E-state index in [9.17, 15) is 0 Å². The van der Waals surface area contributed by atoms with Crippen molar-refractivity contribution >= 4 is 27.3 Å². The van der Waals surface area contributed by atoms with Crippen molar-refractivity contribution in [2.45, 2.75) is 20.0 Å². The van der Waals surface area contributed by atoms with Gasteiger partial charge in [-0.15, -0.1) is 11.3 Å². The molecule has 96 valence electrons. The number of benzene rings is 1. The average Bonchev–Trinajstić information content (AvgIpc) is 2.77. The van der Waals surface area contributed by atoms with Crippen molar-refractivity contribution in [3.63, 3.8) is 0 Å². The molecule has 0 unspecified atom stereocenters. The van der Waals surface area contributed by atoms with E-state index in [0.717, 1.165) is 28.3 Å². The highest BCUT2D eigenvalue weighted by molar-refractivity contribution is 9.10. The number of aryl methyl sites for hydroxylation is 1. The summed E-state index contributed by atoms with van der Waals surface area (Å²) in [7, 11) is 1.68. The van der Waals surface area contributed by atoms with E-state index in [4.69, 9.17) is 4.74 Å². The fourth-order valence-electron chi connectivity index (χ4n) is 1.60. The highest BCUT2D eigenvalue weighted by Gasteiger charge is 2.03. The fraction of sp³-hybridized carbons (Fsp3) is 0.308. The molecule has 1 heterocycles. The number of methoxy groups -OCH3 is 1. The zero-order valence-corrected chi connectivity index (χ0v) is 12.8. The second kappa shape index (κ2) is 6.31. The molecule has 3 nitrogen and oxygen atoms in total. The Kier molecular flexibility index (Phi) is 4.74. The molecular weight excluding hydrogens is 312 g/mol. The molecule has 0 radical (unpaired) electrons. The van der Waals surface area contributed by atoms with Crippen molar-refractivity contribution in [2.75, 3.05) is 7.11 Å². The van der Waals surface area contributed by atoms with Crippen LogP contribution >= 0.6 is 27.3 Å². The SMILES string of the molecule is COc1ccc(Br)c(CNCc2ncc(C)s2)c1. The highest BCUT2D eigenvalue weighted by atomic mass is 79.9. The largest absolute Gasteiger partial charge is 0.497 e. The molecule has 1 aromatic heterocycles. The predicted octanol–water partition coefficient (Wildman–Crippen LogP) is 3.51. The van der Waals surface area contributed by atoms with Gasteiger partial charge in [0.2, 0.25) is 0 Å². The molecule has 1 N–H and O–H groups in total. The third kappa shape index (κ3) is 3.54. The van der Waals surface area contributed by atoms with E-state index >= 15 is 0 Å². The van der Waals surface area contributed by atoms with Gasteiger partial charge in [-0.25, -0.2) is 4.98 Å². The van der Waals surface area contributed by atoms with Crippen LogP contribution in [0.2, 0.25) is 0 Å². The normalized spacial score (nSPS) is 10.6. The summed E-state index contributed by atoms with van der Waals surface area (Å²) < 4.78 is 6.31. The van der Waals surface area contributed by atoms with Gasteiger partial charge in [-0.05, 0) is 30.7 Å². The number of thiazole rings is 1. The second-order valence-electron chi connectivity index (χ2n) is 3.93. The van der Waals surface area contributed by atoms with Gasteiger partial charge in [0.15, 0.2) is 0 Å². The number of aromatic nitrogens is 1. The molecule has 0 spiro atoms. The lowest BCUT2D eigenvalue weighted by atomic mass is 10.2. The Morgan fingerprint density at radius 2 is 2.22 bits per heavy atom. The van der Waals surface area contributed by atoms with E-state index in [0.29, 0.717) is 0 Å². The lowest BCUT2D eigenvalue weighted by Crippen LogP contribution is -2.12. The van der Waals surface area contributed by atoms with Crippen LogP contribution in [0.4, 0.5) is 0 Å². The van der Waals surface area contributed by atoms with Gasteiger partial charge in [0.05, 0.1) is 7.11 Å². The van der Waals surface area contributed by atoms with Crippen LogP contribution in [0, 0.1) is 6.92 Å². The Morgan fingerprint density at radius 3 is 2.89 bits per heavy atom. The van der Waals surface area contributed by atoms with Crippen molar-refractivity contribution in [1.29, 1.82) is 0 Å². The molecule has 0 bridgehead atoms. The van der Waals surface area contributed by atoms with Gasteiger partial charge in [0, 0.05) is 28.6 Å². The minimum absolute atomic E-state index is 0.788. The minimum atomic E-state index is 0.788. The lowest BCUT2D eigenvalue weighted by Gasteiger charge is -2.08. The van der Waals surface area contributed by atoms with Crippen LogP contribution in [0.15, 0.2) is 28.9 Å². The van der Waals surface area contributed by atoms with Crippen LogP contribution in [0.1, 0.15) is 15.4 Å². The van der Waals surface area contributed by atoms with Crippen molar-refractivity contribution in [1.82, 2.24) is 10.3 Å². The summed E-state index contributed by atoms with van der Waals surface area (Å²) in [5.41, 5.74) is 1.18. The van der Waals surface area contributed by atoms with Crippen LogP contribution in [0.25, 0.3) is 0 Å². The van der Waals surface area contributed by atoms with Crippen LogP contribution in [0.5, 0.6) is 5.75 Å². The van der Waals surface area contributed by atoms with Crippen molar-refractivity contribution in [3.8, 4) is 5.75 Å². The Labute approximate surface area is 119 Å². The number of nitrogens with one attached hydrogen (secondary N) is 1. The molecule has 0 saturated carbocycles. The molecule has 0 fully saturated rings. The number of rotatable bonds is 5. The first-order valence-electron chi connectivity index (χ1n) is 5.63. The van der Waals surface area contributed by atoms with Crippen LogP contribution in [0.3, 0.4) is 0 Å². The summed E-state index contributed by atoms with van der Waals surface area (Å²) in [6, 6.07) is 5.98. The summed E-state index contributed by atoms with van der Waals surface area (Å²) in [5.74, 6) is 0.875. The van der Waals surface area contributed by atoms with Gasteiger partial charge in [-0.2, -0.15) is 0 Å². The summed E-state index contributed by atoms with van der Waals surface area (Å²) in [4.78, 5) is 5.57. The molecule has 2 rings (SSSR count). The van der Waals surface area contributed by atoms with E-state index in [2.05, 4.69) is 33.2 Å². The van der Waals surface area contributed by atoms with Crippen LogP contribution in [-0.2, 0) is 13.1 Å². The number of hydrogen-bond donors (Lipinski definition) is 1. The third-order valence-electron chi connectivity index (χ3n) is 2.51. The molecule has 0 saturated heterocycles. The molecule has 1 aromatic carbocycles. The minimum Gasteiger partial charge on any atom is -0.497 e. The van der Waals surface area contributed by atoms with E-state index in [-0.39, 0.29) is 0 Å². The van der Waals surface area contributed by atoms with Gasteiger partial charge < -0.3 is 10.1 Å². The van der Waals surface area contributed by atoms with Gasteiger partial charge >= 0.3 is 0 Å². The van der Waals surface area contributed by atoms with Crippen molar-refractivity contribution in [2.24, 2.45) is 0 Å². The van der Waals surface area contributed by atoms with Crippen molar-refractivity contribution < 1.29 is 4.74 Å². The van der Waals surface area contributed by atoms with Crippen LogP contribution < -0.4 is 10.1 Å². The molecule has 0 aliphatic heterocycles. The third-order valence-corrected chi connectivity index (χ3v) is 4.20. The molecule has 0 aliphatic carbocycles. The standard InChI is InChI=1S/C13H15BrN2OS/c1-9-6-16-13(18-9)8-15-7-10-5-11(17-2)3-4-12(10)14/h3-6,15H,7-8H2,1-2H3. The molecule has 0 aliphatic rings. The number of ether oxygens (including phenoxy) is 1. The predicted molar refractivity (Wildman–Crippen MR) is 78.1 cm³/mol. The zero-order valence-electron chi connectivity index (χ0n) is 10.4. The topological polar surface area (TPSA) is 34.1 Å². The smallest absolute Gasteiger partial charge is 0.119 e. The maximum Gasteiger partial charge on any atom is 0.119 e. The van der Waals surface area contributed by atoms with Gasteiger partial charge in [0.25, 0.3) is 0 Å². The van der Waals surface area contributed by atoms with E-state index in [1.807, 2.05) is 24.4 Å². The Morgan fingerprint density at radius 1 is 1.39 bits per heavy atom. The first-order valence-corrected chi connectivity index (χ1v) is 7.24. The molecule has 18 heavy (non-hydrogen) atoms. The Hall–Kier alpha value is -0.910. The highest BCUT2D eigenvalue weighted by Crippen LogP contribution is 2.22. The average molecular weight is 327 g/mol. The first-order chi connectivity index (χ1) is 8.69. The number of hydrogen-bond acceptors (Lipinski definition) is 4. The summed E-state index contributed by atoms with van der Waals surface area (Å²) in [5, 5.41) is 4.50. The van der Waals surface area contributed by atoms with Crippen molar-refractivity contribution in [3.05, 3.63) is 44.3 Å². The first kappa shape index (κ1) is 13.5. The van der Waals surface area contributed by atoms with Gasteiger partial charge in [0.1, 0.15) is 10.8 Å². The maximum absolute atomic E-state index is 5.22. The fourth-order valence-corrected chi connectivity index (χ4v) is 2.74. The van der Waals surface area contributed by atoms with E-state index < -0.39 is 0 Å². The molecule has 2 aromatic rings. The number of halogens is 1. The summed E-state index contributed by atoms with van der Waals surface area (Å²) in [6.45, 7) is 3.65. The quantitative estimate of drug-likeness (QED) is 0.912. The Bertz CT molecular complexity index is 527. The van der Waals surface area contributed by atoms with Crippen LogP contribution in [-0.4, -0.2) is 12.1 Å². The maximum atomic E-state index is 5.22. The number of nitrogens with zero attached hydrogens (tertiary/aromatic N) is 1. The molecule has 5 heteroatoms. The summed E-state index contributed by atoms with van der Waals surface area (Å²) >= 11 is 5.27. The molecule has 0 amide bonds. The lowest BCUT2D eigenvalue weighted by molar-refractivity contribution is 0.414. The van der Waals surface area contributed by atoms with E-state index in [1.165, 1.54) is 10.4 Å². The van der Waals surface area contributed by atoms with Gasteiger partial charge in [-0.1, -0.05) is 15.9 Å². The summed E-state index contributed by atoms with van der Waals surface area (Å²) in [6.07, 6.45) is 1.91. The van der Waals surface area contributed by atoms with Gasteiger partial charge in [-0.3, -0.25) is 0 Å². The molecular formula is C13H15BrN2OS. The monoisotopic (exact) mass is 326 g/mol. The Balaban J connectivity index is 1.93.